The van der Waals surface area contributed by atoms with Gasteiger partial charge >= 0.3 is 6.18 Å². The van der Waals surface area contributed by atoms with E-state index in [0.717, 1.165) is 23.5 Å². The molecule has 0 bridgehead atoms. The van der Waals surface area contributed by atoms with Crippen LogP contribution in [0, 0.1) is 13.8 Å². The number of aromatic nitrogens is 3. The third kappa shape index (κ3) is 4.36. The third-order valence-corrected chi connectivity index (χ3v) is 6.96. The van der Waals surface area contributed by atoms with Gasteiger partial charge in [0.25, 0.3) is 11.8 Å². The SMILES string of the molecule is Cc1nc(C(=O)N2CCC[C@H]2CNC(=O)c2c(C)nc3sccn23)c(-c2ccc(C(F)(F)F)cc2)o1. The van der Waals surface area contributed by atoms with Crippen LogP contribution in [-0.2, 0) is 6.18 Å². The number of hydrogen-bond donors (Lipinski definition) is 1. The van der Waals surface area contributed by atoms with Crippen LogP contribution in [-0.4, -0.2) is 50.2 Å². The molecule has 1 fully saturated rings. The number of oxazole rings is 1. The van der Waals surface area contributed by atoms with Gasteiger partial charge in [-0.25, -0.2) is 9.97 Å². The monoisotopic (exact) mass is 517 g/mol. The van der Waals surface area contributed by atoms with Crippen LogP contribution in [0.4, 0.5) is 13.2 Å². The summed E-state index contributed by atoms with van der Waals surface area (Å²) in [6.45, 7) is 4.06. The molecule has 1 aliphatic heterocycles. The summed E-state index contributed by atoms with van der Waals surface area (Å²) < 4.78 is 46.2. The Balaban J connectivity index is 1.33. The summed E-state index contributed by atoms with van der Waals surface area (Å²) in [5, 5.41) is 4.77. The summed E-state index contributed by atoms with van der Waals surface area (Å²) in [6, 6.07) is 4.16. The Morgan fingerprint density at radius 2 is 1.94 bits per heavy atom. The van der Waals surface area contributed by atoms with Gasteiger partial charge in [-0.3, -0.25) is 14.0 Å². The van der Waals surface area contributed by atoms with E-state index < -0.39 is 11.7 Å². The number of aryl methyl sites for hydroxylation is 2. The second-order valence-corrected chi connectivity index (χ2v) is 9.46. The zero-order chi connectivity index (χ0) is 25.6. The van der Waals surface area contributed by atoms with E-state index in [9.17, 15) is 22.8 Å². The minimum absolute atomic E-state index is 0.0390. The van der Waals surface area contributed by atoms with Crippen molar-refractivity contribution in [3.05, 3.63) is 64.4 Å². The number of carbonyl (C=O) groups is 2. The summed E-state index contributed by atoms with van der Waals surface area (Å²) in [6.07, 6.45) is -1.24. The average molecular weight is 518 g/mol. The third-order valence-electron chi connectivity index (χ3n) is 6.20. The van der Waals surface area contributed by atoms with Crippen molar-refractivity contribution in [3.8, 4) is 11.3 Å². The molecule has 0 radical (unpaired) electrons. The van der Waals surface area contributed by atoms with Gasteiger partial charge in [0, 0.05) is 43.2 Å². The number of imidazole rings is 1. The van der Waals surface area contributed by atoms with Crippen molar-refractivity contribution in [1.82, 2.24) is 24.6 Å². The number of nitrogens with one attached hydrogen (secondary N) is 1. The maximum Gasteiger partial charge on any atom is 0.416 e. The first-order valence-corrected chi connectivity index (χ1v) is 12.2. The normalized spacial score (nSPS) is 16.1. The van der Waals surface area contributed by atoms with Gasteiger partial charge in [-0.15, -0.1) is 11.3 Å². The highest BCUT2D eigenvalue weighted by Crippen LogP contribution is 2.33. The van der Waals surface area contributed by atoms with Crippen molar-refractivity contribution < 1.29 is 27.2 Å². The Morgan fingerprint density at radius 3 is 2.67 bits per heavy atom. The molecule has 188 valence electrons. The molecule has 1 saturated heterocycles. The fraction of sp³-hybridized carbons (Fsp3) is 0.333. The smallest absolute Gasteiger partial charge is 0.416 e. The van der Waals surface area contributed by atoms with E-state index in [1.807, 2.05) is 5.38 Å². The molecule has 0 saturated carbocycles. The number of carbonyl (C=O) groups excluding carboxylic acids is 2. The first kappa shape index (κ1) is 24.0. The first-order chi connectivity index (χ1) is 17.1. The van der Waals surface area contributed by atoms with E-state index in [1.165, 1.54) is 23.5 Å². The standard InChI is InChI=1S/C24H22F3N5O3S/c1-13-19(32-10-11-36-23(32)29-13)21(33)28-12-17-4-3-9-31(17)22(34)18-20(35-14(2)30-18)15-5-7-16(8-6-15)24(25,26)27/h5-8,10-11,17H,3-4,9,12H2,1-2H3,(H,28,33)/t17-/m0/s1. The van der Waals surface area contributed by atoms with E-state index in [-0.39, 0.29) is 41.7 Å². The first-order valence-electron chi connectivity index (χ1n) is 11.3. The highest BCUT2D eigenvalue weighted by Gasteiger charge is 2.34. The molecule has 1 atom stereocenters. The summed E-state index contributed by atoms with van der Waals surface area (Å²) in [4.78, 5) is 37.3. The summed E-state index contributed by atoms with van der Waals surface area (Å²) in [7, 11) is 0. The van der Waals surface area contributed by atoms with Crippen LogP contribution in [0.2, 0.25) is 0 Å². The minimum atomic E-state index is -4.47. The van der Waals surface area contributed by atoms with Crippen LogP contribution >= 0.6 is 11.3 Å². The lowest BCUT2D eigenvalue weighted by molar-refractivity contribution is -0.137. The number of alkyl halides is 3. The van der Waals surface area contributed by atoms with Crippen LogP contribution in [0.1, 0.15) is 51.0 Å². The van der Waals surface area contributed by atoms with Crippen LogP contribution in [0.3, 0.4) is 0 Å². The molecular formula is C24H22F3N5O3S. The lowest BCUT2D eigenvalue weighted by atomic mass is 10.1. The number of nitrogens with zero attached hydrogens (tertiary/aromatic N) is 4. The van der Waals surface area contributed by atoms with Crippen LogP contribution in [0.15, 0.2) is 40.3 Å². The Hall–Kier alpha value is -3.67. The molecule has 1 aliphatic rings. The quantitative estimate of drug-likeness (QED) is 0.414. The molecule has 4 heterocycles. The minimum Gasteiger partial charge on any atom is -0.440 e. The number of rotatable bonds is 5. The second kappa shape index (κ2) is 9.08. The fourth-order valence-electron chi connectivity index (χ4n) is 4.49. The van der Waals surface area contributed by atoms with Gasteiger partial charge in [-0.1, -0.05) is 12.1 Å². The molecule has 0 aliphatic carbocycles. The van der Waals surface area contributed by atoms with E-state index in [1.54, 1.807) is 29.3 Å². The molecule has 3 aromatic heterocycles. The number of amides is 2. The average Bonchev–Trinajstić information content (AvgIpc) is 3.60. The van der Waals surface area contributed by atoms with Crippen molar-refractivity contribution in [2.45, 2.75) is 38.9 Å². The van der Waals surface area contributed by atoms with Gasteiger partial charge < -0.3 is 14.6 Å². The van der Waals surface area contributed by atoms with Crippen molar-refractivity contribution in [2.24, 2.45) is 0 Å². The van der Waals surface area contributed by atoms with Crippen LogP contribution < -0.4 is 5.32 Å². The molecule has 12 heteroatoms. The number of thiazole rings is 1. The molecule has 0 spiro atoms. The lowest BCUT2D eigenvalue weighted by Gasteiger charge is -2.24. The van der Waals surface area contributed by atoms with Gasteiger partial charge in [-0.2, -0.15) is 13.2 Å². The van der Waals surface area contributed by atoms with E-state index in [0.29, 0.717) is 29.9 Å². The predicted octanol–water partition coefficient (Wildman–Crippen LogP) is 4.72. The maximum absolute atomic E-state index is 13.5. The Labute approximate surface area is 207 Å². The molecule has 0 unspecified atom stereocenters. The molecule has 4 aromatic rings. The van der Waals surface area contributed by atoms with Crippen molar-refractivity contribution in [2.75, 3.05) is 13.1 Å². The number of fused-ring (bicyclic) bond motifs is 1. The zero-order valence-corrected chi connectivity index (χ0v) is 20.2. The summed E-state index contributed by atoms with van der Waals surface area (Å²) in [5.41, 5.74) is 0.653. The van der Waals surface area contributed by atoms with Gasteiger partial charge in [0.1, 0.15) is 5.69 Å². The number of benzene rings is 1. The molecule has 5 rings (SSSR count). The second-order valence-electron chi connectivity index (χ2n) is 8.59. The summed E-state index contributed by atoms with van der Waals surface area (Å²) in [5.74, 6) is -0.316. The molecule has 8 nitrogen and oxygen atoms in total. The number of halogens is 3. The Morgan fingerprint density at radius 1 is 1.19 bits per heavy atom. The highest BCUT2D eigenvalue weighted by atomic mass is 32.1. The van der Waals surface area contributed by atoms with Crippen molar-refractivity contribution in [1.29, 1.82) is 0 Å². The van der Waals surface area contributed by atoms with Crippen LogP contribution in [0.25, 0.3) is 16.3 Å². The van der Waals surface area contributed by atoms with Crippen LogP contribution in [0.5, 0.6) is 0 Å². The maximum atomic E-state index is 13.5. The number of hydrogen-bond acceptors (Lipinski definition) is 6. The highest BCUT2D eigenvalue weighted by molar-refractivity contribution is 7.15. The molecule has 1 N–H and O–H groups in total. The van der Waals surface area contributed by atoms with Crippen molar-refractivity contribution >= 4 is 28.1 Å². The zero-order valence-electron chi connectivity index (χ0n) is 19.4. The molecule has 1 aromatic carbocycles. The van der Waals surface area contributed by atoms with E-state index in [4.69, 9.17) is 4.42 Å². The Kier molecular flexibility index (Phi) is 6.07. The van der Waals surface area contributed by atoms with Gasteiger partial charge in [-0.05, 0) is 31.9 Å². The summed E-state index contributed by atoms with van der Waals surface area (Å²) >= 11 is 1.44. The van der Waals surface area contributed by atoms with Crippen molar-refractivity contribution in [3.63, 3.8) is 0 Å². The van der Waals surface area contributed by atoms with E-state index >= 15 is 0 Å². The predicted molar refractivity (Wildman–Crippen MR) is 126 cm³/mol. The Bertz CT molecular complexity index is 1440. The molecular weight excluding hydrogens is 495 g/mol. The topological polar surface area (TPSA) is 92.7 Å². The van der Waals surface area contributed by atoms with Gasteiger partial charge in [0.15, 0.2) is 22.3 Å². The van der Waals surface area contributed by atoms with E-state index in [2.05, 4.69) is 15.3 Å². The number of likely N-dealkylation sites (tertiary alicyclic amines) is 1. The molecule has 2 amide bonds. The molecule has 36 heavy (non-hydrogen) atoms. The lowest BCUT2D eigenvalue weighted by Crippen LogP contribution is -2.43. The largest absolute Gasteiger partial charge is 0.440 e. The van der Waals surface area contributed by atoms with Gasteiger partial charge in [0.2, 0.25) is 0 Å². The fourth-order valence-corrected chi connectivity index (χ4v) is 5.25. The van der Waals surface area contributed by atoms with Gasteiger partial charge in [0.05, 0.1) is 11.3 Å².